The van der Waals surface area contributed by atoms with E-state index in [4.69, 9.17) is 5.73 Å². The Morgan fingerprint density at radius 3 is 2.85 bits per heavy atom. The number of benzene rings is 2. The number of nitrogens with zero attached hydrogens (tertiary/aromatic N) is 1. The summed E-state index contributed by atoms with van der Waals surface area (Å²) >= 11 is 0. The smallest absolute Gasteiger partial charge is 0.0399 e. The third-order valence-corrected chi connectivity index (χ3v) is 4.16. The van der Waals surface area contributed by atoms with E-state index in [1.807, 2.05) is 12.1 Å². The first-order chi connectivity index (χ1) is 9.74. The van der Waals surface area contributed by atoms with E-state index in [9.17, 15) is 0 Å². The van der Waals surface area contributed by atoms with Gasteiger partial charge >= 0.3 is 0 Å². The molecule has 0 spiro atoms. The summed E-state index contributed by atoms with van der Waals surface area (Å²) in [5.41, 5.74) is 12.5. The Kier molecular flexibility index (Phi) is 3.64. The SMILES string of the molecule is Cc1ccc2c(c1)CCCN2CCc1ccccc1N. The van der Waals surface area contributed by atoms with Gasteiger partial charge in [-0.3, -0.25) is 0 Å². The standard InChI is InChI=1S/C18H22N2/c1-14-8-9-18-16(13-14)6-4-11-20(18)12-10-15-5-2-3-7-17(15)19/h2-3,5,7-9,13H,4,6,10-12,19H2,1H3. The molecule has 0 bridgehead atoms. The molecule has 1 aliphatic heterocycles. The highest BCUT2D eigenvalue weighted by Gasteiger charge is 2.16. The first-order valence-electron chi connectivity index (χ1n) is 7.42. The average molecular weight is 266 g/mol. The van der Waals surface area contributed by atoms with Gasteiger partial charge in [0.15, 0.2) is 0 Å². The van der Waals surface area contributed by atoms with Gasteiger partial charge in [-0.1, -0.05) is 35.9 Å². The molecule has 0 atom stereocenters. The van der Waals surface area contributed by atoms with E-state index < -0.39 is 0 Å². The second kappa shape index (κ2) is 5.58. The number of hydrogen-bond donors (Lipinski definition) is 1. The highest BCUT2D eigenvalue weighted by Crippen LogP contribution is 2.28. The number of rotatable bonds is 3. The van der Waals surface area contributed by atoms with Gasteiger partial charge in [0, 0.05) is 24.5 Å². The lowest BCUT2D eigenvalue weighted by atomic mass is 9.99. The van der Waals surface area contributed by atoms with Crippen molar-refractivity contribution in [2.75, 3.05) is 23.7 Å². The molecular formula is C18H22N2. The van der Waals surface area contributed by atoms with Crippen molar-refractivity contribution in [3.63, 3.8) is 0 Å². The fourth-order valence-electron chi connectivity index (χ4n) is 3.05. The monoisotopic (exact) mass is 266 g/mol. The van der Waals surface area contributed by atoms with E-state index >= 15 is 0 Å². The summed E-state index contributed by atoms with van der Waals surface area (Å²) in [6.07, 6.45) is 3.47. The first-order valence-corrected chi connectivity index (χ1v) is 7.42. The van der Waals surface area contributed by atoms with Gasteiger partial charge in [0.1, 0.15) is 0 Å². The number of nitrogens with two attached hydrogens (primary N) is 1. The predicted molar refractivity (Wildman–Crippen MR) is 86.3 cm³/mol. The third kappa shape index (κ3) is 2.64. The Morgan fingerprint density at radius 1 is 1.15 bits per heavy atom. The van der Waals surface area contributed by atoms with Crippen LogP contribution in [0, 0.1) is 6.92 Å². The fraction of sp³-hybridized carbons (Fsp3) is 0.333. The van der Waals surface area contributed by atoms with Crippen molar-refractivity contribution in [1.29, 1.82) is 0 Å². The lowest BCUT2D eigenvalue weighted by molar-refractivity contribution is 0.687. The number of aryl methyl sites for hydroxylation is 2. The van der Waals surface area contributed by atoms with Gasteiger partial charge in [-0.2, -0.15) is 0 Å². The first kappa shape index (κ1) is 13.0. The van der Waals surface area contributed by atoms with Gasteiger partial charge in [-0.05, 0) is 49.4 Å². The number of nitrogen functional groups attached to an aromatic ring is 1. The van der Waals surface area contributed by atoms with Crippen molar-refractivity contribution in [3.05, 3.63) is 59.2 Å². The molecule has 0 aromatic heterocycles. The zero-order chi connectivity index (χ0) is 13.9. The van der Waals surface area contributed by atoms with Gasteiger partial charge < -0.3 is 10.6 Å². The van der Waals surface area contributed by atoms with Crippen molar-refractivity contribution < 1.29 is 0 Å². The van der Waals surface area contributed by atoms with Gasteiger partial charge in [0.2, 0.25) is 0 Å². The highest BCUT2D eigenvalue weighted by molar-refractivity contribution is 5.57. The molecule has 0 radical (unpaired) electrons. The van der Waals surface area contributed by atoms with Crippen molar-refractivity contribution in [3.8, 4) is 0 Å². The van der Waals surface area contributed by atoms with Crippen LogP contribution in [0.25, 0.3) is 0 Å². The van der Waals surface area contributed by atoms with Crippen LogP contribution in [0.1, 0.15) is 23.1 Å². The van der Waals surface area contributed by atoms with E-state index in [1.165, 1.54) is 35.2 Å². The molecule has 0 fully saturated rings. The van der Waals surface area contributed by atoms with E-state index in [1.54, 1.807) is 0 Å². The van der Waals surface area contributed by atoms with Crippen LogP contribution in [0.2, 0.25) is 0 Å². The van der Waals surface area contributed by atoms with Crippen LogP contribution in [0.15, 0.2) is 42.5 Å². The molecule has 2 aromatic rings. The Labute approximate surface area is 121 Å². The Morgan fingerprint density at radius 2 is 2.00 bits per heavy atom. The molecule has 0 saturated carbocycles. The highest BCUT2D eigenvalue weighted by atomic mass is 15.1. The maximum absolute atomic E-state index is 6.03. The van der Waals surface area contributed by atoms with Crippen molar-refractivity contribution in [2.45, 2.75) is 26.2 Å². The van der Waals surface area contributed by atoms with E-state index in [0.717, 1.165) is 25.2 Å². The molecule has 1 aliphatic rings. The molecule has 0 aliphatic carbocycles. The molecular weight excluding hydrogens is 244 g/mol. The Bertz CT molecular complexity index is 604. The van der Waals surface area contributed by atoms with Gasteiger partial charge in [-0.25, -0.2) is 0 Å². The summed E-state index contributed by atoms with van der Waals surface area (Å²) in [6, 6.07) is 15.0. The van der Waals surface area contributed by atoms with Gasteiger partial charge in [0.25, 0.3) is 0 Å². The summed E-state index contributed by atoms with van der Waals surface area (Å²) in [4.78, 5) is 2.50. The number of hydrogen-bond acceptors (Lipinski definition) is 2. The molecule has 0 amide bonds. The van der Waals surface area contributed by atoms with Crippen molar-refractivity contribution in [2.24, 2.45) is 0 Å². The lowest BCUT2D eigenvalue weighted by Gasteiger charge is -2.31. The van der Waals surface area contributed by atoms with Gasteiger partial charge in [0.05, 0.1) is 0 Å². The molecule has 3 rings (SSSR count). The van der Waals surface area contributed by atoms with Crippen LogP contribution in [0.4, 0.5) is 11.4 Å². The molecule has 0 saturated heterocycles. The fourth-order valence-corrected chi connectivity index (χ4v) is 3.05. The van der Waals surface area contributed by atoms with Crippen molar-refractivity contribution >= 4 is 11.4 Å². The molecule has 2 heteroatoms. The largest absolute Gasteiger partial charge is 0.399 e. The normalized spacial score (nSPS) is 14.2. The maximum Gasteiger partial charge on any atom is 0.0399 e. The minimum absolute atomic E-state index is 0.911. The zero-order valence-electron chi connectivity index (χ0n) is 12.1. The Balaban J connectivity index is 1.75. The maximum atomic E-state index is 6.03. The van der Waals surface area contributed by atoms with Gasteiger partial charge in [-0.15, -0.1) is 0 Å². The minimum atomic E-state index is 0.911. The molecule has 2 N–H and O–H groups in total. The summed E-state index contributed by atoms with van der Waals surface area (Å²) in [5, 5.41) is 0. The number of para-hydroxylation sites is 1. The Hall–Kier alpha value is -1.96. The van der Waals surface area contributed by atoms with Crippen LogP contribution in [0.3, 0.4) is 0 Å². The second-order valence-corrected chi connectivity index (χ2v) is 5.67. The number of fused-ring (bicyclic) bond motifs is 1. The molecule has 0 unspecified atom stereocenters. The summed E-state index contributed by atoms with van der Waals surface area (Å²) in [5.74, 6) is 0. The lowest BCUT2D eigenvalue weighted by Crippen LogP contribution is -2.31. The molecule has 104 valence electrons. The van der Waals surface area contributed by atoms with E-state index in [-0.39, 0.29) is 0 Å². The molecule has 2 nitrogen and oxygen atoms in total. The minimum Gasteiger partial charge on any atom is -0.399 e. The predicted octanol–water partition coefficient (Wildman–Crippen LogP) is 3.57. The summed E-state index contributed by atoms with van der Waals surface area (Å²) in [6.45, 7) is 4.37. The second-order valence-electron chi connectivity index (χ2n) is 5.67. The van der Waals surface area contributed by atoms with E-state index in [0.29, 0.717) is 0 Å². The van der Waals surface area contributed by atoms with Crippen LogP contribution in [0.5, 0.6) is 0 Å². The van der Waals surface area contributed by atoms with Crippen molar-refractivity contribution in [1.82, 2.24) is 0 Å². The summed E-state index contributed by atoms with van der Waals surface area (Å²) in [7, 11) is 0. The van der Waals surface area contributed by atoms with Crippen LogP contribution < -0.4 is 10.6 Å². The van der Waals surface area contributed by atoms with E-state index in [2.05, 4.69) is 42.2 Å². The molecule has 1 heterocycles. The topological polar surface area (TPSA) is 29.3 Å². The third-order valence-electron chi connectivity index (χ3n) is 4.16. The zero-order valence-corrected chi connectivity index (χ0v) is 12.1. The molecule has 2 aromatic carbocycles. The van der Waals surface area contributed by atoms with Crippen LogP contribution >= 0.6 is 0 Å². The van der Waals surface area contributed by atoms with Crippen LogP contribution in [-0.4, -0.2) is 13.1 Å². The quantitative estimate of drug-likeness (QED) is 0.861. The molecule has 20 heavy (non-hydrogen) atoms. The number of anilines is 2. The summed E-state index contributed by atoms with van der Waals surface area (Å²) < 4.78 is 0. The average Bonchev–Trinajstić information content (AvgIpc) is 2.46. The van der Waals surface area contributed by atoms with Crippen LogP contribution in [-0.2, 0) is 12.8 Å².